The summed E-state index contributed by atoms with van der Waals surface area (Å²) in [6.45, 7) is 7.55. The fourth-order valence-corrected chi connectivity index (χ4v) is 3.76. The van der Waals surface area contributed by atoms with Crippen LogP contribution in [0.2, 0.25) is 0 Å². The van der Waals surface area contributed by atoms with Gasteiger partial charge in [0.25, 0.3) is 0 Å². The first-order chi connectivity index (χ1) is 18.2. The number of carbonyl (C=O) groups is 2. The average Bonchev–Trinajstić information content (AvgIpc) is 2.88. The monoisotopic (exact) mass is 526 g/mol. The lowest BCUT2D eigenvalue weighted by Crippen LogP contribution is -2.45. The number of urea groups is 1. The van der Waals surface area contributed by atoms with E-state index in [1.165, 1.54) is 7.11 Å². The van der Waals surface area contributed by atoms with Crippen molar-refractivity contribution >= 4 is 18.2 Å². The van der Waals surface area contributed by atoms with Gasteiger partial charge in [0, 0.05) is 11.3 Å². The Balaban J connectivity index is 1.70. The van der Waals surface area contributed by atoms with Crippen LogP contribution in [0.1, 0.15) is 44.9 Å². The first-order valence-corrected chi connectivity index (χ1v) is 12.2. The largest absolute Gasteiger partial charge is 0.490 e. The highest BCUT2D eigenvalue weighted by Gasteiger charge is 2.32. The van der Waals surface area contributed by atoms with Crippen molar-refractivity contribution in [2.75, 3.05) is 20.3 Å². The number of allylic oxidation sites excluding steroid dienone is 1. The fourth-order valence-electron chi connectivity index (χ4n) is 3.76. The summed E-state index contributed by atoms with van der Waals surface area (Å²) in [4.78, 5) is 24.5. The van der Waals surface area contributed by atoms with Crippen LogP contribution in [0.15, 0.2) is 58.8 Å². The van der Waals surface area contributed by atoms with Gasteiger partial charge in [-0.25, -0.2) is 9.59 Å². The van der Waals surface area contributed by atoms with Crippen molar-refractivity contribution in [2.24, 2.45) is 5.10 Å². The average molecular weight is 527 g/mol. The molecule has 1 aliphatic rings. The first-order valence-electron chi connectivity index (χ1n) is 12.2. The Morgan fingerprint density at radius 1 is 1.16 bits per heavy atom. The molecule has 2 aromatic carbocycles. The van der Waals surface area contributed by atoms with E-state index in [2.05, 4.69) is 21.2 Å². The summed E-state index contributed by atoms with van der Waals surface area (Å²) in [6, 6.07) is 11.3. The van der Waals surface area contributed by atoms with E-state index < -0.39 is 24.3 Å². The number of nitrogens with zero attached hydrogens (tertiary/aromatic N) is 1. The van der Waals surface area contributed by atoms with Gasteiger partial charge in [-0.15, -0.1) is 0 Å². The summed E-state index contributed by atoms with van der Waals surface area (Å²) in [6.07, 6.45) is 0.461. The van der Waals surface area contributed by atoms with Crippen molar-refractivity contribution < 1.29 is 33.6 Å². The number of carbonyl (C=O) groups excluding carboxylic acids is 2. The molecule has 0 radical (unpaired) electrons. The van der Waals surface area contributed by atoms with Gasteiger partial charge in [0.2, 0.25) is 0 Å². The quantitative estimate of drug-likeness (QED) is 0.143. The Kier molecular flexibility index (Phi) is 9.94. The number of ether oxygens (including phenoxy) is 4. The predicted octanol–water partition coefficient (Wildman–Crippen LogP) is 2.99. The molecule has 2 amide bonds. The molecule has 0 saturated heterocycles. The normalized spacial score (nSPS) is 16.1. The Hall–Kier alpha value is -4.25. The molecule has 38 heavy (non-hydrogen) atoms. The van der Waals surface area contributed by atoms with Gasteiger partial charge in [-0.05, 0) is 57.5 Å². The fraction of sp³-hybridized carbons (Fsp3) is 0.370. The van der Waals surface area contributed by atoms with Crippen LogP contribution in [0, 0.1) is 0 Å². The first kappa shape index (κ1) is 28.3. The van der Waals surface area contributed by atoms with Gasteiger partial charge in [0.05, 0.1) is 37.7 Å². The van der Waals surface area contributed by atoms with E-state index in [1.54, 1.807) is 31.3 Å². The zero-order valence-electron chi connectivity index (χ0n) is 22.1. The van der Waals surface area contributed by atoms with Crippen molar-refractivity contribution in [3.8, 4) is 17.2 Å². The highest BCUT2D eigenvalue weighted by atomic mass is 16.5. The molecule has 0 unspecified atom stereocenters. The minimum absolute atomic E-state index is 0.0144. The SMILES string of the molecule is CCOc1cc([C@@H]2NC(=O)NC(C)=C2C(=O)OC)ccc1OC[C@@H](O)N/N=C/c1ccccc1OC(C)C. The van der Waals surface area contributed by atoms with Crippen LogP contribution in [0.3, 0.4) is 0 Å². The van der Waals surface area contributed by atoms with Crippen LogP contribution in [0.5, 0.6) is 17.2 Å². The molecule has 11 nitrogen and oxygen atoms in total. The number of methoxy groups -OCH3 is 1. The van der Waals surface area contributed by atoms with Gasteiger partial charge in [0.15, 0.2) is 17.7 Å². The van der Waals surface area contributed by atoms with Gasteiger partial charge < -0.3 is 34.7 Å². The molecule has 4 N–H and O–H groups in total. The van der Waals surface area contributed by atoms with Crippen LogP contribution < -0.4 is 30.3 Å². The van der Waals surface area contributed by atoms with Crippen molar-refractivity contribution in [2.45, 2.75) is 46.1 Å². The number of nitrogens with one attached hydrogen (secondary N) is 3. The maximum Gasteiger partial charge on any atom is 0.337 e. The molecule has 0 spiro atoms. The molecule has 0 aliphatic carbocycles. The van der Waals surface area contributed by atoms with E-state index in [0.29, 0.717) is 35.1 Å². The number of aliphatic hydroxyl groups excluding tert-OH is 1. The number of hydrogen-bond donors (Lipinski definition) is 4. The van der Waals surface area contributed by atoms with Crippen molar-refractivity contribution in [1.29, 1.82) is 0 Å². The van der Waals surface area contributed by atoms with Crippen LogP contribution in [-0.2, 0) is 9.53 Å². The highest BCUT2D eigenvalue weighted by molar-refractivity contribution is 5.95. The van der Waals surface area contributed by atoms with Gasteiger partial charge in [0.1, 0.15) is 12.4 Å². The van der Waals surface area contributed by atoms with E-state index in [-0.39, 0.29) is 18.3 Å². The summed E-state index contributed by atoms with van der Waals surface area (Å²) in [5.41, 5.74) is 4.66. The lowest BCUT2D eigenvalue weighted by molar-refractivity contribution is -0.136. The molecule has 0 bridgehead atoms. The minimum atomic E-state index is -1.11. The Bertz CT molecular complexity index is 1200. The Labute approximate surface area is 221 Å². The third kappa shape index (κ3) is 7.39. The third-order valence-electron chi connectivity index (χ3n) is 5.38. The molecule has 3 rings (SSSR count). The molecule has 11 heteroatoms. The Morgan fingerprint density at radius 2 is 1.92 bits per heavy atom. The molecule has 204 valence electrons. The van der Waals surface area contributed by atoms with Crippen LogP contribution in [0.4, 0.5) is 4.79 Å². The van der Waals surface area contributed by atoms with Gasteiger partial charge >= 0.3 is 12.0 Å². The maximum atomic E-state index is 12.4. The third-order valence-corrected chi connectivity index (χ3v) is 5.38. The van der Waals surface area contributed by atoms with Crippen LogP contribution >= 0.6 is 0 Å². The molecule has 0 fully saturated rings. The van der Waals surface area contributed by atoms with Gasteiger partial charge in [-0.1, -0.05) is 18.2 Å². The lowest BCUT2D eigenvalue weighted by Gasteiger charge is -2.28. The second-order valence-electron chi connectivity index (χ2n) is 8.62. The van der Waals surface area contributed by atoms with E-state index in [1.807, 2.05) is 45.0 Å². The molecule has 1 aliphatic heterocycles. The second kappa shape index (κ2) is 13.3. The summed E-state index contributed by atoms with van der Waals surface area (Å²) in [7, 11) is 1.28. The summed E-state index contributed by atoms with van der Waals surface area (Å²) in [5.74, 6) is 0.879. The van der Waals surface area contributed by atoms with Crippen LogP contribution in [-0.4, -0.2) is 56.0 Å². The topological polar surface area (TPSA) is 140 Å². The Morgan fingerprint density at radius 3 is 2.63 bits per heavy atom. The zero-order valence-corrected chi connectivity index (χ0v) is 22.1. The van der Waals surface area contributed by atoms with E-state index in [9.17, 15) is 14.7 Å². The van der Waals surface area contributed by atoms with Gasteiger partial charge in [-0.2, -0.15) is 5.10 Å². The smallest absolute Gasteiger partial charge is 0.337 e. The number of amides is 2. The number of aliphatic hydroxyl groups is 1. The van der Waals surface area contributed by atoms with Crippen molar-refractivity contribution in [3.63, 3.8) is 0 Å². The summed E-state index contributed by atoms with van der Waals surface area (Å²) >= 11 is 0. The minimum Gasteiger partial charge on any atom is -0.490 e. The van der Waals surface area contributed by atoms with Crippen molar-refractivity contribution in [1.82, 2.24) is 16.1 Å². The summed E-state index contributed by atoms with van der Waals surface area (Å²) in [5, 5.41) is 19.7. The molecular formula is C27H34N4O7. The molecule has 0 saturated carbocycles. The van der Waals surface area contributed by atoms with Gasteiger partial charge in [-0.3, -0.25) is 5.43 Å². The lowest BCUT2D eigenvalue weighted by atomic mass is 9.95. The molecule has 2 atom stereocenters. The number of para-hydroxylation sites is 1. The number of esters is 1. The number of rotatable bonds is 12. The number of hydrazone groups is 1. The molecule has 2 aromatic rings. The molecule has 1 heterocycles. The molecule has 0 aromatic heterocycles. The number of benzene rings is 2. The maximum absolute atomic E-state index is 12.4. The predicted molar refractivity (Wildman–Crippen MR) is 141 cm³/mol. The van der Waals surface area contributed by atoms with E-state index in [4.69, 9.17) is 18.9 Å². The van der Waals surface area contributed by atoms with Crippen LogP contribution in [0.25, 0.3) is 0 Å². The highest BCUT2D eigenvalue weighted by Crippen LogP contribution is 2.34. The summed E-state index contributed by atoms with van der Waals surface area (Å²) < 4.78 is 22.2. The zero-order chi connectivity index (χ0) is 27.7. The standard InChI is InChI=1S/C27H34N4O7/c1-6-36-22-13-18(25-24(26(33)35-5)17(4)29-27(34)30-25)11-12-21(22)37-15-23(32)31-28-14-19-9-7-8-10-20(19)38-16(2)3/h7-14,16,23,25,31-32H,6,15H2,1-5H3,(H2,29,30,34)/b28-14+/t23-,25+/m1/s1. The molecular weight excluding hydrogens is 492 g/mol. The van der Waals surface area contributed by atoms with E-state index in [0.717, 1.165) is 5.56 Å². The van der Waals surface area contributed by atoms with Crippen molar-refractivity contribution in [3.05, 3.63) is 64.9 Å². The van der Waals surface area contributed by atoms with E-state index >= 15 is 0 Å². The second-order valence-corrected chi connectivity index (χ2v) is 8.62. The number of hydrogen-bond acceptors (Lipinski definition) is 9.